The van der Waals surface area contributed by atoms with Crippen LogP contribution in [-0.2, 0) is 14.4 Å². The van der Waals surface area contributed by atoms with E-state index in [1.54, 1.807) is 0 Å². The first kappa shape index (κ1) is 42.1. The van der Waals surface area contributed by atoms with Gasteiger partial charge in [0.05, 0.1) is 26.2 Å². The third-order valence-corrected chi connectivity index (χ3v) is 8.96. The van der Waals surface area contributed by atoms with Crippen LogP contribution < -0.4 is 0 Å². The van der Waals surface area contributed by atoms with Gasteiger partial charge in [0.15, 0.2) is 0 Å². The monoisotopic (exact) mass is 625 g/mol. The van der Waals surface area contributed by atoms with Crippen molar-refractivity contribution in [3.8, 4) is 0 Å². The van der Waals surface area contributed by atoms with Gasteiger partial charge in [-0.15, -0.1) is 0 Å². The Bertz CT molecular complexity index is 668. The highest BCUT2D eigenvalue weighted by molar-refractivity contribution is 5.67. The fourth-order valence-corrected chi connectivity index (χ4v) is 6.24. The lowest BCUT2D eigenvalue weighted by atomic mass is 10.0. The maximum Gasteiger partial charge on any atom is 0.303 e. The van der Waals surface area contributed by atoms with Crippen molar-refractivity contribution in [2.75, 3.05) is 26.2 Å². The Kier molecular flexibility index (Phi) is 29.8. The second kappa shape index (κ2) is 31.1. The van der Waals surface area contributed by atoms with Crippen molar-refractivity contribution in [1.82, 2.24) is 0 Å². The summed E-state index contributed by atoms with van der Waals surface area (Å²) in [6.07, 6.45) is 33.3. The van der Waals surface area contributed by atoms with E-state index in [0.717, 1.165) is 62.8 Å². The summed E-state index contributed by atoms with van der Waals surface area (Å²) in [6, 6.07) is 0. The number of rotatable bonds is 35. The minimum Gasteiger partial charge on any atom is -0.481 e. The molecule has 0 aromatic rings. The van der Waals surface area contributed by atoms with E-state index in [0.29, 0.717) is 19.3 Å². The highest BCUT2D eigenvalue weighted by Gasteiger charge is 2.26. The lowest BCUT2D eigenvalue weighted by molar-refractivity contribution is -0.929. The number of hydrogen-bond donors (Lipinski definition) is 3. The Morgan fingerprint density at radius 1 is 0.409 bits per heavy atom. The van der Waals surface area contributed by atoms with Crippen molar-refractivity contribution in [3.05, 3.63) is 12.2 Å². The molecule has 258 valence electrons. The van der Waals surface area contributed by atoms with Crippen LogP contribution in [0.25, 0.3) is 0 Å². The Hall–Kier alpha value is -1.89. The minimum atomic E-state index is -0.769. The minimum absolute atomic E-state index is 0.172. The molecule has 0 heterocycles. The van der Waals surface area contributed by atoms with Crippen molar-refractivity contribution in [1.29, 1.82) is 0 Å². The van der Waals surface area contributed by atoms with Gasteiger partial charge in [0, 0.05) is 19.3 Å². The second-order valence-electron chi connectivity index (χ2n) is 13.1. The molecule has 0 aliphatic rings. The molecule has 0 saturated heterocycles. The van der Waals surface area contributed by atoms with Crippen LogP contribution in [0.2, 0.25) is 0 Å². The molecule has 0 aromatic heterocycles. The summed E-state index contributed by atoms with van der Waals surface area (Å²) < 4.78 is 0.862. The molecule has 0 spiro atoms. The molecule has 0 aliphatic carbocycles. The van der Waals surface area contributed by atoms with Crippen molar-refractivity contribution in [3.63, 3.8) is 0 Å². The molecule has 0 fully saturated rings. The highest BCUT2D eigenvalue weighted by Crippen LogP contribution is 2.20. The lowest BCUT2D eigenvalue weighted by Gasteiger charge is -2.39. The zero-order chi connectivity index (χ0) is 32.6. The molecule has 0 saturated carbocycles. The largest absolute Gasteiger partial charge is 0.481 e. The van der Waals surface area contributed by atoms with Gasteiger partial charge in [-0.1, -0.05) is 96.1 Å². The maximum absolute atomic E-state index is 11.0. The van der Waals surface area contributed by atoms with Gasteiger partial charge in [-0.3, -0.25) is 14.4 Å². The third kappa shape index (κ3) is 30.1. The summed E-state index contributed by atoms with van der Waals surface area (Å²) in [4.78, 5) is 33.1. The number of hydrogen-bond acceptors (Lipinski definition) is 3. The number of quaternary nitrogens is 1. The van der Waals surface area contributed by atoms with Crippen molar-refractivity contribution in [2.45, 2.75) is 180 Å². The van der Waals surface area contributed by atoms with Crippen molar-refractivity contribution in [2.24, 2.45) is 0 Å². The topological polar surface area (TPSA) is 112 Å². The van der Waals surface area contributed by atoms with Crippen molar-refractivity contribution < 1.29 is 34.2 Å². The number of aliphatic carboxylic acids is 3. The predicted molar refractivity (Wildman–Crippen MR) is 182 cm³/mol. The fraction of sp³-hybridized carbons (Fsp3) is 0.865. The Balaban J connectivity index is 4.28. The molecule has 7 nitrogen and oxygen atoms in total. The predicted octanol–water partition coefficient (Wildman–Crippen LogP) is 10.2. The standard InChI is InChI=1S/C37H69NO6/c1-2-3-4-5-6-7-8-9-10-11-12-13-14-15-16-17-18-19-20-24-31-38(32-25-21-28-35(39)40,33-26-22-29-36(41)42)34-27-23-30-37(43)44/h14-15H,2-13,16-34H2,1H3,(H2-,39,40,41,42,43,44)/p+1/b15-14+. The number of carboxylic acids is 3. The zero-order valence-corrected chi connectivity index (χ0v) is 28.6. The normalized spacial score (nSPS) is 11.8. The van der Waals surface area contributed by atoms with Crippen LogP contribution in [0.1, 0.15) is 180 Å². The van der Waals surface area contributed by atoms with Gasteiger partial charge in [-0.2, -0.15) is 0 Å². The summed E-state index contributed by atoms with van der Waals surface area (Å²) in [5, 5.41) is 27.2. The zero-order valence-electron chi connectivity index (χ0n) is 28.6. The number of unbranched alkanes of at least 4 members (excludes halogenated alkanes) is 19. The smallest absolute Gasteiger partial charge is 0.303 e. The molecule has 44 heavy (non-hydrogen) atoms. The average Bonchev–Trinajstić information content (AvgIpc) is 2.98. The second-order valence-corrected chi connectivity index (χ2v) is 13.1. The first-order valence-electron chi connectivity index (χ1n) is 18.5. The van der Waals surface area contributed by atoms with Gasteiger partial charge in [0.2, 0.25) is 0 Å². The molecule has 7 heteroatoms. The average molecular weight is 625 g/mol. The molecule has 3 N–H and O–H groups in total. The van der Waals surface area contributed by atoms with Gasteiger partial charge in [0.1, 0.15) is 0 Å². The SMILES string of the molecule is CCCCCCCCCCCCC/C=C/CCCCCCC[N+](CCCCC(=O)O)(CCCCC(=O)O)CCCCC(=O)O. The fourth-order valence-electron chi connectivity index (χ4n) is 6.24. The lowest BCUT2D eigenvalue weighted by Crippen LogP contribution is -2.51. The molecule has 0 bridgehead atoms. The molecule has 0 unspecified atom stereocenters. The van der Waals surface area contributed by atoms with Gasteiger partial charge in [0.25, 0.3) is 0 Å². The molecule has 0 aromatic carbocycles. The molecule has 0 atom stereocenters. The van der Waals surface area contributed by atoms with E-state index in [1.807, 2.05) is 0 Å². The van der Waals surface area contributed by atoms with E-state index in [-0.39, 0.29) is 19.3 Å². The number of carboxylic acid groups (broad SMARTS) is 3. The van der Waals surface area contributed by atoms with Crippen LogP contribution in [0.4, 0.5) is 0 Å². The van der Waals surface area contributed by atoms with Gasteiger partial charge in [-0.25, -0.2) is 0 Å². The number of nitrogens with zero attached hydrogens (tertiary/aromatic N) is 1. The molecular formula is C37H70NO6+. The van der Waals surface area contributed by atoms with Crippen LogP contribution in [0.15, 0.2) is 12.2 Å². The first-order chi connectivity index (χ1) is 21.3. The summed E-state index contributed by atoms with van der Waals surface area (Å²) in [6.45, 7) is 5.94. The van der Waals surface area contributed by atoms with Crippen LogP contribution >= 0.6 is 0 Å². The van der Waals surface area contributed by atoms with Crippen LogP contribution in [0.3, 0.4) is 0 Å². The summed E-state index contributed by atoms with van der Waals surface area (Å²) in [5.41, 5.74) is 0. The van der Waals surface area contributed by atoms with E-state index in [1.165, 1.54) is 103 Å². The molecule has 0 amide bonds. The summed E-state index contributed by atoms with van der Waals surface area (Å²) in [7, 11) is 0. The Morgan fingerprint density at radius 2 is 0.682 bits per heavy atom. The van der Waals surface area contributed by atoms with Gasteiger partial charge in [-0.05, 0) is 77.0 Å². The summed E-state index contributed by atoms with van der Waals surface area (Å²) >= 11 is 0. The van der Waals surface area contributed by atoms with E-state index >= 15 is 0 Å². The van der Waals surface area contributed by atoms with Crippen LogP contribution in [0, 0.1) is 0 Å². The Morgan fingerprint density at radius 3 is 1.00 bits per heavy atom. The highest BCUT2D eigenvalue weighted by atomic mass is 16.4. The summed E-state index contributed by atoms with van der Waals surface area (Å²) in [5.74, 6) is -2.31. The maximum atomic E-state index is 11.0. The Labute approximate surface area is 270 Å². The van der Waals surface area contributed by atoms with Crippen LogP contribution in [-0.4, -0.2) is 63.9 Å². The van der Waals surface area contributed by atoms with Gasteiger partial charge >= 0.3 is 17.9 Å². The third-order valence-electron chi connectivity index (χ3n) is 8.96. The quantitative estimate of drug-likeness (QED) is 0.0367. The number of carbonyl (C=O) groups is 3. The molecule has 0 aliphatic heterocycles. The van der Waals surface area contributed by atoms with E-state index in [9.17, 15) is 14.4 Å². The van der Waals surface area contributed by atoms with Crippen LogP contribution in [0.5, 0.6) is 0 Å². The van der Waals surface area contributed by atoms with E-state index in [4.69, 9.17) is 15.3 Å². The van der Waals surface area contributed by atoms with E-state index < -0.39 is 17.9 Å². The molecule has 0 rings (SSSR count). The van der Waals surface area contributed by atoms with Crippen molar-refractivity contribution >= 4 is 17.9 Å². The number of allylic oxidation sites excluding steroid dienone is 2. The first-order valence-corrected chi connectivity index (χ1v) is 18.5. The van der Waals surface area contributed by atoms with Gasteiger partial charge < -0.3 is 19.8 Å². The van der Waals surface area contributed by atoms with E-state index in [2.05, 4.69) is 19.1 Å². The molecule has 0 radical (unpaired) electrons. The molecular weight excluding hydrogens is 554 g/mol.